The van der Waals surface area contributed by atoms with E-state index in [0.29, 0.717) is 19.4 Å². The Morgan fingerprint density at radius 3 is 2.28 bits per heavy atom. The summed E-state index contributed by atoms with van der Waals surface area (Å²) in [7, 11) is 1.66. The van der Waals surface area contributed by atoms with Gasteiger partial charge in [0.05, 0.1) is 7.11 Å². The normalized spacial score (nSPS) is 18.5. The van der Waals surface area contributed by atoms with Crippen molar-refractivity contribution in [3.05, 3.63) is 65.7 Å². The van der Waals surface area contributed by atoms with E-state index in [4.69, 9.17) is 4.74 Å². The molecule has 0 radical (unpaired) electrons. The van der Waals surface area contributed by atoms with E-state index >= 15 is 0 Å². The largest absolute Gasteiger partial charge is 0.497 e. The predicted molar refractivity (Wildman–Crippen MR) is 125 cm³/mol. The van der Waals surface area contributed by atoms with E-state index in [2.05, 4.69) is 12.1 Å². The van der Waals surface area contributed by atoms with Crippen molar-refractivity contribution in [2.75, 3.05) is 26.7 Å². The van der Waals surface area contributed by atoms with Crippen molar-refractivity contribution in [2.45, 2.75) is 51.5 Å². The van der Waals surface area contributed by atoms with E-state index in [9.17, 15) is 9.59 Å². The molecule has 32 heavy (non-hydrogen) atoms. The molecule has 2 aliphatic heterocycles. The zero-order valence-corrected chi connectivity index (χ0v) is 19.1. The van der Waals surface area contributed by atoms with Gasteiger partial charge in [-0.15, -0.1) is 0 Å². The molecular formula is C27H34N2O3. The highest BCUT2D eigenvalue weighted by molar-refractivity contribution is 5.77. The lowest BCUT2D eigenvalue weighted by molar-refractivity contribution is -0.134. The van der Waals surface area contributed by atoms with Crippen LogP contribution >= 0.6 is 0 Å². The minimum Gasteiger partial charge on any atom is -0.497 e. The highest BCUT2D eigenvalue weighted by Gasteiger charge is 2.38. The lowest BCUT2D eigenvalue weighted by Crippen LogP contribution is -2.43. The lowest BCUT2D eigenvalue weighted by Gasteiger charge is -2.41. The number of aryl methyl sites for hydroxylation is 1. The molecule has 2 aliphatic rings. The number of amides is 2. The molecule has 5 nitrogen and oxygen atoms in total. The van der Waals surface area contributed by atoms with Crippen LogP contribution in [-0.2, 0) is 22.6 Å². The molecule has 0 bridgehead atoms. The Labute approximate surface area is 191 Å². The summed E-state index contributed by atoms with van der Waals surface area (Å²) in [5.41, 5.74) is 2.55. The number of benzene rings is 2. The van der Waals surface area contributed by atoms with Crippen LogP contribution < -0.4 is 4.74 Å². The maximum absolute atomic E-state index is 12.8. The molecule has 2 heterocycles. The molecular weight excluding hydrogens is 400 g/mol. The van der Waals surface area contributed by atoms with Gasteiger partial charge in [-0.05, 0) is 60.8 Å². The number of hydrogen-bond acceptors (Lipinski definition) is 3. The monoisotopic (exact) mass is 434 g/mol. The van der Waals surface area contributed by atoms with E-state index in [1.165, 1.54) is 5.56 Å². The van der Waals surface area contributed by atoms with Crippen molar-refractivity contribution in [3.63, 3.8) is 0 Å². The van der Waals surface area contributed by atoms with E-state index in [0.717, 1.165) is 63.1 Å². The summed E-state index contributed by atoms with van der Waals surface area (Å²) in [6.07, 6.45) is 5.93. The van der Waals surface area contributed by atoms with E-state index in [-0.39, 0.29) is 17.2 Å². The van der Waals surface area contributed by atoms with Crippen molar-refractivity contribution in [1.29, 1.82) is 0 Å². The van der Waals surface area contributed by atoms with Gasteiger partial charge in [0.25, 0.3) is 0 Å². The minimum atomic E-state index is 0.202. The fraction of sp³-hybridized carbons (Fsp3) is 0.481. The first-order chi connectivity index (χ1) is 15.6. The number of nitrogens with zero attached hydrogens (tertiary/aromatic N) is 2. The SMILES string of the molecule is COc1ccc(CCC(=O)N2CCC3(CCC(=O)N(Cc4ccccc4)CC3)CC2)cc1. The molecule has 170 valence electrons. The first-order valence-electron chi connectivity index (χ1n) is 11.8. The fourth-order valence-electron chi connectivity index (χ4n) is 5.06. The number of carbonyl (C=O) groups is 2. The van der Waals surface area contributed by atoms with Crippen LogP contribution in [0.2, 0.25) is 0 Å². The Morgan fingerprint density at radius 1 is 0.906 bits per heavy atom. The van der Waals surface area contributed by atoms with Gasteiger partial charge in [-0.25, -0.2) is 0 Å². The number of rotatable bonds is 6. The Kier molecular flexibility index (Phi) is 7.13. The summed E-state index contributed by atoms with van der Waals surface area (Å²) in [6, 6.07) is 18.2. The molecule has 2 aromatic rings. The Hall–Kier alpha value is -2.82. The van der Waals surface area contributed by atoms with E-state index in [1.807, 2.05) is 52.3 Å². The Balaban J connectivity index is 1.26. The summed E-state index contributed by atoms with van der Waals surface area (Å²) in [5, 5.41) is 0. The summed E-state index contributed by atoms with van der Waals surface area (Å²) in [5.74, 6) is 1.35. The van der Waals surface area contributed by atoms with Crippen molar-refractivity contribution in [1.82, 2.24) is 9.80 Å². The number of hydrogen-bond donors (Lipinski definition) is 0. The van der Waals surface area contributed by atoms with E-state index in [1.54, 1.807) is 7.11 Å². The van der Waals surface area contributed by atoms with E-state index < -0.39 is 0 Å². The molecule has 0 aliphatic carbocycles. The van der Waals surface area contributed by atoms with Crippen molar-refractivity contribution >= 4 is 11.8 Å². The third-order valence-electron chi connectivity index (χ3n) is 7.31. The number of methoxy groups -OCH3 is 1. The average Bonchev–Trinajstić information content (AvgIpc) is 2.98. The van der Waals surface area contributed by atoms with Gasteiger partial charge in [0.15, 0.2) is 0 Å². The van der Waals surface area contributed by atoms with Crippen LogP contribution in [0.4, 0.5) is 0 Å². The van der Waals surface area contributed by atoms with Gasteiger partial charge in [0, 0.05) is 39.0 Å². The summed E-state index contributed by atoms with van der Waals surface area (Å²) < 4.78 is 5.20. The van der Waals surface area contributed by atoms with Gasteiger partial charge in [-0.2, -0.15) is 0 Å². The molecule has 0 aromatic heterocycles. The second-order valence-corrected chi connectivity index (χ2v) is 9.28. The zero-order valence-electron chi connectivity index (χ0n) is 19.1. The predicted octanol–water partition coefficient (Wildman–Crippen LogP) is 4.45. The van der Waals surface area contributed by atoms with Gasteiger partial charge < -0.3 is 14.5 Å². The third kappa shape index (κ3) is 5.50. The summed E-state index contributed by atoms with van der Waals surface area (Å²) in [6.45, 7) is 3.15. The zero-order chi connectivity index (χ0) is 22.4. The summed E-state index contributed by atoms with van der Waals surface area (Å²) >= 11 is 0. The molecule has 0 saturated carbocycles. The molecule has 0 atom stereocenters. The van der Waals surface area contributed by atoms with Crippen molar-refractivity contribution in [2.24, 2.45) is 5.41 Å². The van der Waals surface area contributed by atoms with Crippen LogP contribution in [0.3, 0.4) is 0 Å². The van der Waals surface area contributed by atoms with Gasteiger partial charge in [0.1, 0.15) is 5.75 Å². The number of ether oxygens (including phenoxy) is 1. The molecule has 0 unspecified atom stereocenters. The molecule has 2 amide bonds. The highest BCUT2D eigenvalue weighted by atomic mass is 16.5. The molecule has 2 saturated heterocycles. The van der Waals surface area contributed by atoms with Crippen LogP contribution in [0.5, 0.6) is 5.75 Å². The average molecular weight is 435 g/mol. The van der Waals surface area contributed by atoms with Gasteiger partial charge >= 0.3 is 0 Å². The standard InChI is InChI=1S/C27H34N2O3/c1-32-24-10-7-22(8-11-24)9-12-25(30)28-18-15-27(16-19-28)14-13-26(31)29(20-17-27)21-23-5-3-2-4-6-23/h2-8,10-11H,9,12-21H2,1H3. The first-order valence-corrected chi connectivity index (χ1v) is 11.8. The second kappa shape index (κ2) is 10.2. The number of piperidine rings is 1. The smallest absolute Gasteiger partial charge is 0.222 e. The molecule has 5 heteroatoms. The topological polar surface area (TPSA) is 49.9 Å². The molecule has 1 spiro atoms. The third-order valence-corrected chi connectivity index (χ3v) is 7.31. The molecule has 2 fully saturated rings. The maximum Gasteiger partial charge on any atom is 0.222 e. The molecule has 2 aromatic carbocycles. The van der Waals surface area contributed by atoms with Gasteiger partial charge in [0.2, 0.25) is 11.8 Å². The number of likely N-dealkylation sites (tertiary alicyclic amines) is 2. The quantitative estimate of drug-likeness (QED) is 0.675. The van der Waals surface area contributed by atoms with Crippen LogP contribution in [0.15, 0.2) is 54.6 Å². The maximum atomic E-state index is 12.8. The Morgan fingerprint density at radius 2 is 1.59 bits per heavy atom. The minimum absolute atomic E-state index is 0.202. The van der Waals surface area contributed by atoms with Gasteiger partial charge in [-0.3, -0.25) is 9.59 Å². The second-order valence-electron chi connectivity index (χ2n) is 9.28. The lowest BCUT2D eigenvalue weighted by atomic mass is 9.73. The highest BCUT2D eigenvalue weighted by Crippen LogP contribution is 2.41. The molecule has 4 rings (SSSR count). The first kappa shape index (κ1) is 22.4. The van der Waals surface area contributed by atoms with Crippen LogP contribution in [0.25, 0.3) is 0 Å². The van der Waals surface area contributed by atoms with Crippen LogP contribution in [-0.4, -0.2) is 48.4 Å². The summed E-state index contributed by atoms with van der Waals surface area (Å²) in [4.78, 5) is 29.6. The Bertz CT molecular complexity index is 902. The fourth-order valence-corrected chi connectivity index (χ4v) is 5.06. The van der Waals surface area contributed by atoms with Crippen molar-refractivity contribution < 1.29 is 14.3 Å². The van der Waals surface area contributed by atoms with Crippen molar-refractivity contribution in [3.8, 4) is 5.75 Å². The van der Waals surface area contributed by atoms with Gasteiger partial charge in [-0.1, -0.05) is 42.5 Å². The van der Waals surface area contributed by atoms with Crippen LogP contribution in [0, 0.1) is 5.41 Å². The number of carbonyl (C=O) groups excluding carboxylic acids is 2. The van der Waals surface area contributed by atoms with Crippen LogP contribution in [0.1, 0.15) is 49.7 Å². The molecule has 0 N–H and O–H groups in total.